The van der Waals surface area contributed by atoms with E-state index >= 15 is 0 Å². The van der Waals surface area contributed by atoms with Crippen molar-refractivity contribution in [3.8, 4) is 11.5 Å². The van der Waals surface area contributed by atoms with Crippen LogP contribution in [0.3, 0.4) is 0 Å². The number of rotatable bonds is 7. The molecule has 2 aromatic heterocycles. The summed E-state index contributed by atoms with van der Waals surface area (Å²) in [4.78, 5) is 32.1. The number of carbonyl (C=O) groups excluding carboxylic acids is 1. The summed E-state index contributed by atoms with van der Waals surface area (Å²) in [7, 11) is 1.57. The van der Waals surface area contributed by atoms with E-state index in [1.807, 2.05) is 6.07 Å². The third-order valence-corrected chi connectivity index (χ3v) is 4.67. The van der Waals surface area contributed by atoms with E-state index in [4.69, 9.17) is 9.47 Å². The molecule has 0 bridgehead atoms. The molecule has 1 N–H and O–H groups in total. The second-order valence-corrected chi connectivity index (χ2v) is 6.77. The molecule has 9 nitrogen and oxygen atoms in total. The molecular weight excluding hydrogens is 412 g/mol. The van der Waals surface area contributed by atoms with Gasteiger partial charge < -0.3 is 14.8 Å². The van der Waals surface area contributed by atoms with Gasteiger partial charge >= 0.3 is 0 Å². The molecule has 32 heavy (non-hydrogen) atoms. The first-order valence-electron chi connectivity index (χ1n) is 9.60. The van der Waals surface area contributed by atoms with E-state index in [0.717, 1.165) is 0 Å². The summed E-state index contributed by atoms with van der Waals surface area (Å²) in [5.74, 6) is 0.445. The summed E-state index contributed by atoms with van der Waals surface area (Å²) < 4.78 is 11.4. The molecule has 4 aromatic rings. The Bertz CT molecular complexity index is 1290. The van der Waals surface area contributed by atoms with Gasteiger partial charge in [0.2, 0.25) is 0 Å². The normalized spacial score (nSPS) is 10.7. The van der Waals surface area contributed by atoms with E-state index in [9.17, 15) is 14.9 Å². The molecule has 0 fully saturated rings. The highest BCUT2D eigenvalue weighted by Gasteiger charge is 2.21. The van der Waals surface area contributed by atoms with Gasteiger partial charge in [0.25, 0.3) is 11.6 Å². The Morgan fingerprint density at radius 3 is 2.69 bits per heavy atom. The number of nitrogens with zero attached hydrogens (tertiary/aromatic N) is 3. The van der Waals surface area contributed by atoms with Crippen molar-refractivity contribution >= 4 is 28.2 Å². The van der Waals surface area contributed by atoms with Crippen molar-refractivity contribution in [2.75, 3.05) is 12.4 Å². The Hall–Kier alpha value is -4.37. The average Bonchev–Trinajstić information content (AvgIpc) is 2.81. The molecule has 0 spiro atoms. The number of nitrogens with one attached hydrogen (secondary N) is 1. The van der Waals surface area contributed by atoms with E-state index in [1.54, 1.807) is 56.0 Å². The fourth-order valence-electron chi connectivity index (χ4n) is 3.26. The van der Waals surface area contributed by atoms with E-state index in [1.165, 1.54) is 18.2 Å². The van der Waals surface area contributed by atoms with Gasteiger partial charge in [-0.1, -0.05) is 18.2 Å². The topological polar surface area (TPSA) is 116 Å². The van der Waals surface area contributed by atoms with Crippen LogP contribution in [0.1, 0.15) is 15.9 Å². The Kier molecular flexibility index (Phi) is 6.00. The highest BCUT2D eigenvalue weighted by molar-refractivity contribution is 6.10. The molecule has 0 aliphatic rings. The maximum absolute atomic E-state index is 12.8. The summed E-state index contributed by atoms with van der Waals surface area (Å²) in [5.41, 5.74) is 1.26. The maximum Gasteiger partial charge on any atom is 0.282 e. The first-order chi connectivity index (χ1) is 15.6. The van der Waals surface area contributed by atoms with Gasteiger partial charge in [-0.2, -0.15) is 0 Å². The van der Waals surface area contributed by atoms with Gasteiger partial charge in [-0.05, 0) is 30.3 Å². The third-order valence-electron chi connectivity index (χ3n) is 4.67. The zero-order chi connectivity index (χ0) is 22.5. The number of hydrogen-bond donors (Lipinski definition) is 1. The van der Waals surface area contributed by atoms with Crippen molar-refractivity contribution in [3.63, 3.8) is 0 Å². The highest BCUT2D eigenvalue weighted by atomic mass is 16.6. The molecule has 0 radical (unpaired) electrons. The SMILES string of the molecule is COCc1cnc2c(NC(=O)c3ccccc3[N+](=O)[O-])cccc2c1Oc1cccnc1. The van der Waals surface area contributed by atoms with Crippen LogP contribution < -0.4 is 10.1 Å². The average molecular weight is 430 g/mol. The third kappa shape index (κ3) is 4.23. The minimum Gasteiger partial charge on any atom is -0.455 e. The van der Waals surface area contributed by atoms with Crippen molar-refractivity contribution in [2.24, 2.45) is 0 Å². The minimum atomic E-state index is -0.609. The summed E-state index contributed by atoms with van der Waals surface area (Å²) in [6.07, 6.45) is 4.84. The van der Waals surface area contributed by atoms with Gasteiger partial charge in [-0.15, -0.1) is 0 Å². The Balaban J connectivity index is 1.76. The quantitative estimate of drug-likeness (QED) is 0.333. The number of pyridine rings is 2. The first kappa shape index (κ1) is 20.9. The Morgan fingerprint density at radius 1 is 1.09 bits per heavy atom. The molecule has 0 aliphatic heterocycles. The minimum absolute atomic E-state index is 0.0441. The molecule has 0 saturated carbocycles. The molecule has 4 rings (SSSR count). The molecule has 9 heteroatoms. The number of para-hydroxylation sites is 2. The summed E-state index contributed by atoms with van der Waals surface area (Å²) >= 11 is 0. The van der Waals surface area contributed by atoms with E-state index in [0.29, 0.717) is 33.7 Å². The van der Waals surface area contributed by atoms with Gasteiger partial charge in [-0.3, -0.25) is 24.9 Å². The van der Waals surface area contributed by atoms with Crippen LogP contribution in [0.4, 0.5) is 11.4 Å². The van der Waals surface area contributed by atoms with E-state index < -0.39 is 10.8 Å². The molecule has 2 aromatic carbocycles. The molecular formula is C23H18N4O5. The van der Waals surface area contributed by atoms with Crippen molar-refractivity contribution < 1.29 is 19.2 Å². The lowest BCUT2D eigenvalue weighted by atomic mass is 10.1. The molecule has 1 amide bonds. The zero-order valence-electron chi connectivity index (χ0n) is 17.0. The fourth-order valence-corrected chi connectivity index (χ4v) is 3.26. The number of hydrogen-bond acceptors (Lipinski definition) is 7. The number of methoxy groups -OCH3 is 1. The molecule has 0 saturated heterocycles. The second kappa shape index (κ2) is 9.19. The van der Waals surface area contributed by atoms with Crippen molar-refractivity contribution in [2.45, 2.75) is 6.61 Å². The van der Waals surface area contributed by atoms with Gasteiger partial charge in [0.05, 0.1) is 28.9 Å². The lowest BCUT2D eigenvalue weighted by Crippen LogP contribution is -2.14. The number of benzene rings is 2. The smallest absolute Gasteiger partial charge is 0.282 e. The van der Waals surface area contributed by atoms with Crippen molar-refractivity contribution in [1.29, 1.82) is 0 Å². The van der Waals surface area contributed by atoms with Crippen LogP contribution in [-0.2, 0) is 11.3 Å². The molecule has 160 valence electrons. The zero-order valence-corrected chi connectivity index (χ0v) is 17.0. The fraction of sp³-hybridized carbons (Fsp3) is 0.0870. The number of amides is 1. The summed E-state index contributed by atoms with van der Waals surface area (Å²) in [6, 6.07) is 14.5. The number of ether oxygens (including phenoxy) is 2. The highest BCUT2D eigenvalue weighted by Crippen LogP contribution is 2.35. The summed E-state index contributed by atoms with van der Waals surface area (Å²) in [5, 5.41) is 14.7. The van der Waals surface area contributed by atoms with Crippen molar-refractivity contribution in [3.05, 3.63) is 94.4 Å². The van der Waals surface area contributed by atoms with Crippen LogP contribution in [0.5, 0.6) is 11.5 Å². The second-order valence-electron chi connectivity index (χ2n) is 6.77. The predicted octanol–water partition coefficient (Wildman–Crippen LogP) is 4.73. The monoisotopic (exact) mass is 430 g/mol. The lowest BCUT2D eigenvalue weighted by molar-refractivity contribution is -0.385. The van der Waals surface area contributed by atoms with Crippen LogP contribution >= 0.6 is 0 Å². The van der Waals surface area contributed by atoms with Gasteiger partial charge in [0, 0.05) is 36.5 Å². The van der Waals surface area contributed by atoms with Gasteiger partial charge in [0.1, 0.15) is 17.1 Å². The van der Waals surface area contributed by atoms with Crippen LogP contribution in [0, 0.1) is 10.1 Å². The largest absolute Gasteiger partial charge is 0.455 e. The number of carbonyl (C=O) groups is 1. The summed E-state index contributed by atoms with van der Waals surface area (Å²) in [6.45, 7) is 0.269. The lowest BCUT2D eigenvalue weighted by Gasteiger charge is -2.15. The predicted molar refractivity (Wildman–Crippen MR) is 118 cm³/mol. The number of nitro groups is 1. The van der Waals surface area contributed by atoms with Crippen molar-refractivity contribution in [1.82, 2.24) is 9.97 Å². The Labute approximate surface area is 182 Å². The van der Waals surface area contributed by atoms with E-state index in [2.05, 4.69) is 15.3 Å². The molecule has 0 atom stereocenters. The van der Waals surface area contributed by atoms with Gasteiger partial charge in [0.15, 0.2) is 0 Å². The maximum atomic E-state index is 12.8. The van der Waals surface area contributed by atoms with E-state index in [-0.39, 0.29) is 17.9 Å². The van der Waals surface area contributed by atoms with Gasteiger partial charge in [-0.25, -0.2) is 0 Å². The number of fused-ring (bicyclic) bond motifs is 1. The molecule has 2 heterocycles. The number of nitro benzene ring substituents is 1. The standard InChI is InChI=1S/C23H18N4O5/c1-31-14-15-12-25-21-18(22(15)32-16-6-5-11-24-13-16)8-4-9-19(21)26-23(28)17-7-2-3-10-20(17)27(29)30/h2-13H,14H2,1H3,(H,26,28). The Morgan fingerprint density at radius 2 is 1.94 bits per heavy atom. The van der Waals surface area contributed by atoms with Crippen LogP contribution in [0.25, 0.3) is 10.9 Å². The number of anilines is 1. The molecule has 0 aliphatic carbocycles. The number of aromatic nitrogens is 2. The molecule has 0 unspecified atom stereocenters. The van der Waals surface area contributed by atoms with Crippen LogP contribution in [0.2, 0.25) is 0 Å². The van der Waals surface area contributed by atoms with Crippen LogP contribution in [0.15, 0.2) is 73.2 Å². The van der Waals surface area contributed by atoms with Crippen LogP contribution in [-0.4, -0.2) is 27.9 Å². The first-order valence-corrected chi connectivity index (χ1v) is 9.60.